The van der Waals surface area contributed by atoms with Crippen molar-refractivity contribution in [1.82, 2.24) is 5.01 Å². The van der Waals surface area contributed by atoms with Crippen LogP contribution in [0.15, 0.2) is 5.10 Å². The van der Waals surface area contributed by atoms with Gasteiger partial charge in [-0.15, -0.1) is 5.10 Å². The van der Waals surface area contributed by atoms with Crippen LogP contribution in [0.4, 0.5) is 0 Å². The number of hydrogen-bond donors (Lipinski definition) is 0. The van der Waals surface area contributed by atoms with E-state index in [0.717, 1.165) is 5.90 Å². The second kappa shape index (κ2) is 1.65. The number of rotatable bonds is 0. The lowest BCUT2D eigenvalue weighted by Crippen LogP contribution is -2.19. The number of nitrogens with zero attached hydrogens (tertiary/aromatic N) is 2. The fourth-order valence-corrected chi connectivity index (χ4v) is 0.650. The highest BCUT2D eigenvalue weighted by Gasteiger charge is 2.15. The van der Waals surface area contributed by atoms with Crippen LogP contribution in [0.5, 0.6) is 0 Å². The summed E-state index contributed by atoms with van der Waals surface area (Å²) in [5.74, 6) is 0.750. The van der Waals surface area contributed by atoms with Gasteiger partial charge in [0.1, 0.15) is 0 Å². The molecule has 46 valence electrons. The van der Waals surface area contributed by atoms with E-state index in [9.17, 15) is 0 Å². The molecule has 0 aromatic rings. The Kier molecular flexibility index (Phi) is 1.12. The van der Waals surface area contributed by atoms with Crippen molar-refractivity contribution in [3.63, 3.8) is 0 Å². The standard InChI is InChI=1S/C5H10N2O/c1-4-6-7(3)5(2)8-4/h5H,1-3H3. The van der Waals surface area contributed by atoms with Crippen molar-refractivity contribution in [2.75, 3.05) is 7.05 Å². The highest BCUT2D eigenvalue weighted by molar-refractivity contribution is 5.73. The molecule has 1 heterocycles. The maximum Gasteiger partial charge on any atom is 0.205 e. The van der Waals surface area contributed by atoms with E-state index >= 15 is 0 Å². The highest BCUT2D eigenvalue weighted by atomic mass is 16.5. The lowest BCUT2D eigenvalue weighted by atomic mass is 10.6. The summed E-state index contributed by atoms with van der Waals surface area (Å²) in [6.07, 6.45) is 0.120. The van der Waals surface area contributed by atoms with Crippen molar-refractivity contribution in [1.29, 1.82) is 0 Å². The third-order valence-electron chi connectivity index (χ3n) is 1.17. The van der Waals surface area contributed by atoms with Crippen molar-refractivity contribution in [3.8, 4) is 0 Å². The van der Waals surface area contributed by atoms with Crippen molar-refractivity contribution < 1.29 is 4.74 Å². The van der Waals surface area contributed by atoms with E-state index in [1.54, 1.807) is 5.01 Å². The van der Waals surface area contributed by atoms with Gasteiger partial charge >= 0.3 is 0 Å². The zero-order chi connectivity index (χ0) is 6.15. The van der Waals surface area contributed by atoms with Gasteiger partial charge in [0.25, 0.3) is 0 Å². The Morgan fingerprint density at radius 2 is 2.38 bits per heavy atom. The average molecular weight is 114 g/mol. The normalized spacial score (nSPS) is 27.6. The lowest BCUT2D eigenvalue weighted by molar-refractivity contribution is 0.0952. The Bertz CT molecular complexity index is 122. The number of hydrazone groups is 1. The first-order valence-corrected chi connectivity index (χ1v) is 2.65. The van der Waals surface area contributed by atoms with Crippen molar-refractivity contribution in [2.24, 2.45) is 5.10 Å². The summed E-state index contributed by atoms with van der Waals surface area (Å²) in [6.45, 7) is 3.81. The molecule has 0 amide bonds. The molecule has 0 aromatic carbocycles. The molecule has 1 aliphatic heterocycles. The summed E-state index contributed by atoms with van der Waals surface area (Å²) in [7, 11) is 1.89. The molecule has 0 aliphatic carbocycles. The zero-order valence-electron chi connectivity index (χ0n) is 5.38. The van der Waals surface area contributed by atoms with Gasteiger partial charge in [0.05, 0.1) is 0 Å². The van der Waals surface area contributed by atoms with Gasteiger partial charge in [0.2, 0.25) is 5.90 Å². The largest absolute Gasteiger partial charge is 0.455 e. The van der Waals surface area contributed by atoms with Crippen LogP contribution in [0.1, 0.15) is 13.8 Å². The van der Waals surface area contributed by atoms with E-state index in [1.807, 2.05) is 20.9 Å². The highest BCUT2D eigenvalue weighted by Crippen LogP contribution is 2.06. The molecule has 1 atom stereocenters. The summed E-state index contributed by atoms with van der Waals surface area (Å²) >= 11 is 0. The van der Waals surface area contributed by atoms with Crippen LogP contribution >= 0.6 is 0 Å². The van der Waals surface area contributed by atoms with Gasteiger partial charge in [-0.1, -0.05) is 0 Å². The number of ether oxygens (including phenoxy) is 1. The van der Waals surface area contributed by atoms with E-state index in [4.69, 9.17) is 4.74 Å². The molecule has 0 spiro atoms. The third kappa shape index (κ3) is 0.757. The Hall–Kier alpha value is -0.730. The summed E-state index contributed by atoms with van der Waals surface area (Å²) in [5, 5.41) is 5.78. The molecule has 1 rings (SSSR count). The Morgan fingerprint density at radius 3 is 2.50 bits per heavy atom. The van der Waals surface area contributed by atoms with Crippen LogP contribution in [-0.2, 0) is 4.74 Å². The second-order valence-corrected chi connectivity index (χ2v) is 1.91. The quantitative estimate of drug-likeness (QED) is 0.461. The molecule has 0 aromatic heterocycles. The molecule has 3 nitrogen and oxygen atoms in total. The molecule has 0 N–H and O–H groups in total. The summed E-state index contributed by atoms with van der Waals surface area (Å²) in [6, 6.07) is 0. The SMILES string of the molecule is CC1=NN(C)C(C)O1. The molecule has 1 aliphatic rings. The first-order chi connectivity index (χ1) is 3.70. The molecule has 0 saturated carbocycles. The molecule has 0 fully saturated rings. The molecule has 0 bridgehead atoms. The molecular formula is C5H10N2O. The van der Waals surface area contributed by atoms with E-state index in [2.05, 4.69) is 5.10 Å². The van der Waals surface area contributed by atoms with Crippen molar-refractivity contribution >= 4 is 5.90 Å². The lowest BCUT2D eigenvalue weighted by Gasteiger charge is -2.10. The van der Waals surface area contributed by atoms with Crippen molar-refractivity contribution in [3.05, 3.63) is 0 Å². The molecule has 3 heteroatoms. The monoisotopic (exact) mass is 114 g/mol. The van der Waals surface area contributed by atoms with E-state index < -0.39 is 0 Å². The minimum Gasteiger partial charge on any atom is -0.455 e. The topological polar surface area (TPSA) is 24.8 Å². The Balaban J connectivity index is 2.56. The third-order valence-corrected chi connectivity index (χ3v) is 1.17. The molecule has 0 saturated heterocycles. The van der Waals surface area contributed by atoms with Gasteiger partial charge in [-0.3, -0.25) is 5.01 Å². The van der Waals surface area contributed by atoms with Gasteiger partial charge in [-0.2, -0.15) is 0 Å². The first kappa shape index (κ1) is 5.41. The maximum absolute atomic E-state index is 5.15. The zero-order valence-corrected chi connectivity index (χ0v) is 5.38. The van der Waals surface area contributed by atoms with Gasteiger partial charge in [0, 0.05) is 14.0 Å². The van der Waals surface area contributed by atoms with Crippen LogP contribution in [0.2, 0.25) is 0 Å². The summed E-state index contributed by atoms with van der Waals surface area (Å²) in [5.41, 5.74) is 0. The predicted molar refractivity (Wildman–Crippen MR) is 31.4 cm³/mol. The smallest absolute Gasteiger partial charge is 0.205 e. The van der Waals surface area contributed by atoms with Gasteiger partial charge in [-0.25, -0.2) is 0 Å². The van der Waals surface area contributed by atoms with Gasteiger partial charge in [0.15, 0.2) is 6.23 Å². The van der Waals surface area contributed by atoms with Gasteiger partial charge in [-0.05, 0) is 6.92 Å². The van der Waals surface area contributed by atoms with Gasteiger partial charge < -0.3 is 4.74 Å². The Labute approximate surface area is 48.9 Å². The average Bonchev–Trinajstić information content (AvgIpc) is 1.85. The second-order valence-electron chi connectivity index (χ2n) is 1.91. The molecular weight excluding hydrogens is 104 g/mol. The summed E-state index contributed by atoms with van der Waals surface area (Å²) in [4.78, 5) is 0. The predicted octanol–water partition coefficient (Wildman–Crippen LogP) is 0.628. The number of hydrogen-bond acceptors (Lipinski definition) is 3. The van der Waals surface area contributed by atoms with Crippen LogP contribution in [-0.4, -0.2) is 24.2 Å². The fourth-order valence-electron chi connectivity index (χ4n) is 0.650. The maximum atomic E-state index is 5.15. The van der Waals surface area contributed by atoms with E-state index in [-0.39, 0.29) is 6.23 Å². The fraction of sp³-hybridized carbons (Fsp3) is 0.800. The molecule has 8 heavy (non-hydrogen) atoms. The van der Waals surface area contributed by atoms with Crippen LogP contribution in [0.25, 0.3) is 0 Å². The summed E-state index contributed by atoms with van der Waals surface area (Å²) < 4.78 is 5.15. The Morgan fingerprint density at radius 1 is 1.75 bits per heavy atom. The minimum atomic E-state index is 0.120. The van der Waals surface area contributed by atoms with Crippen LogP contribution in [0.3, 0.4) is 0 Å². The minimum absolute atomic E-state index is 0.120. The molecule has 1 unspecified atom stereocenters. The van der Waals surface area contributed by atoms with Crippen LogP contribution in [0, 0.1) is 0 Å². The van der Waals surface area contributed by atoms with E-state index in [0.29, 0.717) is 0 Å². The molecule has 0 radical (unpaired) electrons. The van der Waals surface area contributed by atoms with Crippen LogP contribution < -0.4 is 0 Å². The van der Waals surface area contributed by atoms with E-state index in [1.165, 1.54) is 0 Å². The first-order valence-electron chi connectivity index (χ1n) is 2.65. The van der Waals surface area contributed by atoms with Crippen molar-refractivity contribution in [2.45, 2.75) is 20.1 Å².